The van der Waals surface area contributed by atoms with Gasteiger partial charge in [0.25, 0.3) is 0 Å². The number of pyridine rings is 1. The van der Waals surface area contributed by atoms with E-state index in [4.69, 9.17) is 0 Å². The van der Waals surface area contributed by atoms with E-state index in [1.54, 1.807) is 12.1 Å². The molecule has 1 aromatic carbocycles. The van der Waals surface area contributed by atoms with E-state index < -0.39 is 12.6 Å². The van der Waals surface area contributed by atoms with Crippen LogP contribution in [-0.2, 0) is 13.0 Å². The average molecular weight is 510 g/mol. The van der Waals surface area contributed by atoms with Gasteiger partial charge in [0.05, 0.1) is 12.1 Å². The van der Waals surface area contributed by atoms with Gasteiger partial charge in [-0.05, 0) is 61.2 Å². The van der Waals surface area contributed by atoms with Gasteiger partial charge in [0, 0.05) is 52.5 Å². The number of nitrogens with zero attached hydrogens (tertiary/aromatic N) is 3. The van der Waals surface area contributed by atoms with E-state index in [0.717, 1.165) is 65.8 Å². The van der Waals surface area contributed by atoms with Crippen LogP contribution < -0.4 is 5.32 Å². The van der Waals surface area contributed by atoms with Gasteiger partial charge >= 0.3 is 6.18 Å². The number of anilines is 1. The van der Waals surface area contributed by atoms with Crippen molar-refractivity contribution in [3.05, 3.63) is 64.3 Å². The van der Waals surface area contributed by atoms with Crippen molar-refractivity contribution in [1.29, 1.82) is 5.26 Å². The maximum absolute atomic E-state index is 12.9. The van der Waals surface area contributed by atoms with Crippen molar-refractivity contribution in [2.24, 2.45) is 0 Å². The van der Waals surface area contributed by atoms with Gasteiger partial charge in [0.1, 0.15) is 16.6 Å². The second-order valence-electron chi connectivity index (χ2n) is 9.32. The number of aryl methyl sites for hydroxylation is 1. The SMILES string of the molecule is C=Cc1cc(NC2CCN(Cc3ccc4[nH]c(C#N)cc4c3C)CC2)c2cc(CC(F)(F)F)sc2n1. The third kappa shape index (κ3) is 5.11. The standard InChI is InChI=1S/C27H26F3N5S/c1-3-18-11-25(23-12-21(13-27(28,29)30)36-26(23)34-18)32-19-6-8-35(9-7-19)15-17-4-5-24-22(16(17)2)10-20(14-31)33-24/h3-5,10-12,19,33H,1,6-9,13,15H2,2H3,(H,32,34). The van der Waals surface area contributed by atoms with E-state index in [-0.39, 0.29) is 10.9 Å². The number of piperidine rings is 1. The van der Waals surface area contributed by atoms with Gasteiger partial charge in [0.2, 0.25) is 0 Å². The van der Waals surface area contributed by atoms with Crippen molar-refractivity contribution < 1.29 is 13.2 Å². The molecule has 1 aliphatic heterocycles. The largest absolute Gasteiger partial charge is 0.393 e. The Hall–Kier alpha value is -3.35. The third-order valence-electron chi connectivity index (χ3n) is 6.81. The number of hydrogen-bond donors (Lipinski definition) is 2. The summed E-state index contributed by atoms with van der Waals surface area (Å²) in [5.41, 5.74) is 5.45. The Morgan fingerprint density at radius 2 is 2.03 bits per heavy atom. The van der Waals surface area contributed by atoms with Crippen LogP contribution in [0.5, 0.6) is 0 Å². The van der Waals surface area contributed by atoms with E-state index in [9.17, 15) is 18.4 Å². The van der Waals surface area contributed by atoms with Crippen LogP contribution in [0.2, 0.25) is 0 Å². The Kier molecular flexibility index (Phi) is 6.49. The molecular weight excluding hydrogens is 483 g/mol. The van der Waals surface area contributed by atoms with Crippen LogP contribution in [-0.4, -0.2) is 40.2 Å². The smallest absolute Gasteiger partial charge is 0.382 e. The number of H-pyrrole nitrogens is 1. The molecule has 0 amide bonds. The number of aromatic nitrogens is 2. The zero-order valence-corrected chi connectivity index (χ0v) is 20.7. The number of hydrogen-bond acceptors (Lipinski definition) is 5. The third-order valence-corrected chi connectivity index (χ3v) is 7.84. The predicted molar refractivity (Wildman–Crippen MR) is 139 cm³/mol. The molecule has 0 unspecified atom stereocenters. The number of alkyl halides is 3. The molecule has 2 N–H and O–H groups in total. The molecule has 0 aliphatic carbocycles. The van der Waals surface area contributed by atoms with Crippen LogP contribution in [0.15, 0.2) is 36.9 Å². The summed E-state index contributed by atoms with van der Waals surface area (Å²) in [5.74, 6) is 0. The zero-order chi connectivity index (χ0) is 25.4. The van der Waals surface area contributed by atoms with Crippen molar-refractivity contribution in [2.45, 2.75) is 44.9 Å². The Bertz CT molecular complexity index is 1470. The molecule has 1 saturated heterocycles. The Labute approximate surface area is 211 Å². The van der Waals surface area contributed by atoms with Gasteiger partial charge in [-0.25, -0.2) is 4.98 Å². The molecule has 1 fully saturated rings. The number of rotatable bonds is 6. The number of nitriles is 1. The second kappa shape index (κ2) is 9.60. The van der Waals surface area contributed by atoms with Gasteiger partial charge in [-0.15, -0.1) is 11.3 Å². The Balaban J connectivity index is 1.27. The molecule has 0 radical (unpaired) electrons. The maximum atomic E-state index is 12.9. The minimum Gasteiger partial charge on any atom is -0.382 e. The molecule has 0 bridgehead atoms. The fourth-order valence-electron chi connectivity index (χ4n) is 4.91. The van der Waals surface area contributed by atoms with Crippen molar-refractivity contribution in [1.82, 2.24) is 14.9 Å². The first-order valence-corrected chi connectivity index (χ1v) is 12.7. The van der Waals surface area contributed by atoms with Gasteiger partial charge in [-0.3, -0.25) is 4.90 Å². The van der Waals surface area contributed by atoms with Crippen LogP contribution in [0, 0.1) is 18.3 Å². The summed E-state index contributed by atoms with van der Waals surface area (Å²) in [5, 5.41) is 14.6. The highest BCUT2D eigenvalue weighted by atomic mass is 32.1. The summed E-state index contributed by atoms with van der Waals surface area (Å²) in [6, 6.07) is 11.9. The normalized spacial score (nSPS) is 15.4. The van der Waals surface area contributed by atoms with E-state index in [2.05, 4.69) is 45.8 Å². The molecule has 0 atom stereocenters. The summed E-state index contributed by atoms with van der Waals surface area (Å²) in [4.78, 5) is 10.9. The van der Waals surface area contributed by atoms with Crippen LogP contribution in [0.4, 0.5) is 18.9 Å². The average Bonchev–Trinajstić information content (AvgIpc) is 3.44. The number of thiophene rings is 1. The zero-order valence-electron chi connectivity index (χ0n) is 19.9. The summed E-state index contributed by atoms with van der Waals surface area (Å²) in [7, 11) is 0. The molecule has 5 rings (SSSR count). The molecule has 1 aliphatic rings. The van der Waals surface area contributed by atoms with Gasteiger partial charge in [-0.2, -0.15) is 18.4 Å². The van der Waals surface area contributed by atoms with Crippen molar-refractivity contribution in [3.8, 4) is 6.07 Å². The van der Waals surface area contributed by atoms with Crippen LogP contribution in [0.25, 0.3) is 27.2 Å². The molecule has 3 aromatic heterocycles. The molecule has 5 nitrogen and oxygen atoms in total. The highest BCUT2D eigenvalue weighted by Gasteiger charge is 2.29. The lowest BCUT2D eigenvalue weighted by Crippen LogP contribution is -2.38. The topological polar surface area (TPSA) is 67.7 Å². The number of benzene rings is 1. The first kappa shape index (κ1) is 24.3. The molecular formula is C27H26F3N5S. The quantitative estimate of drug-likeness (QED) is 0.301. The minimum absolute atomic E-state index is 0.224. The van der Waals surface area contributed by atoms with Crippen molar-refractivity contribution in [2.75, 3.05) is 18.4 Å². The molecule has 36 heavy (non-hydrogen) atoms. The molecule has 4 heterocycles. The number of likely N-dealkylation sites (tertiary alicyclic amines) is 1. The van der Waals surface area contributed by atoms with E-state index in [1.165, 1.54) is 11.1 Å². The van der Waals surface area contributed by atoms with Gasteiger partial charge in [0.15, 0.2) is 0 Å². The predicted octanol–water partition coefficient (Wildman–Crippen LogP) is 6.78. The summed E-state index contributed by atoms with van der Waals surface area (Å²) in [6.45, 7) is 8.55. The van der Waals surface area contributed by atoms with Gasteiger partial charge in [-0.1, -0.05) is 12.6 Å². The molecule has 9 heteroatoms. The number of fused-ring (bicyclic) bond motifs is 2. The van der Waals surface area contributed by atoms with Crippen LogP contribution >= 0.6 is 11.3 Å². The lowest BCUT2D eigenvalue weighted by Gasteiger charge is -2.33. The van der Waals surface area contributed by atoms with Gasteiger partial charge < -0.3 is 10.3 Å². The molecule has 0 saturated carbocycles. The Morgan fingerprint density at radius 1 is 1.25 bits per heavy atom. The molecule has 0 spiro atoms. The van der Waals surface area contributed by atoms with Crippen molar-refractivity contribution in [3.63, 3.8) is 0 Å². The van der Waals surface area contributed by atoms with E-state index in [1.807, 2.05) is 18.2 Å². The summed E-state index contributed by atoms with van der Waals surface area (Å²) in [6.07, 6.45) is -1.71. The summed E-state index contributed by atoms with van der Waals surface area (Å²) >= 11 is 1.09. The fourth-order valence-corrected chi connectivity index (χ4v) is 6.00. The van der Waals surface area contributed by atoms with Crippen molar-refractivity contribution >= 4 is 44.2 Å². The first-order valence-electron chi connectivity index (χ1n) is 11.9. The molecule has 186 valence electrons. The first-order chi connectivity index (χ1) is 17.2. The maximum Gasteiger partial charge on any atom is 0.393 e. The molecule has 4 aromatic rings. The lowest BCUT2D eigenvalue weighted by atomic mass is 10.0. The monoisotopic (exact) mass is 509 g/mol. The van der Waals surface area contributed by atoms with E-state index >= 15 is 0 Å². The lowest BCUT2D eigenvalue weighted by molar-refractivity contribution is -0.126. The second-order valence-corrected chi connectivity index (χ2v) is 10.4. The summed E-state index contributed by atoms with van der Waals surface area (Å²) < 4.78 is 38.8. The number of halogens is 3. The van der Waals surface area contributed by atoms with E-state index in [0.29, 0.717) is 16.2 Å². The number of nitrogens with one attached hydrogen (secondary N) is 2. The fraction of sp³-hybridized carbons (Fsp3) is 0.333. The highest BCUT2D eigenvalue weighted by Crippen LogP contribution is 2.35. The van der Waals surface area contributed by atoms with Crippen LogP contribution in [0.1, 0.15) is 40.2 Å². The van der Waals surface area contributed by atoms with Crippen LogP contribution in [0.3, 0.4) is 0 Å². The number of aromatic amines is 1. The minimum atomic E-state index is -4.25. The highest BCUT2D eigenvalue weighted by molar-refractivity contribution is 7.18. The Morgan fingerprint density at radius 3 is 2.72 bits per heavy atom.